The number of carbonyl (C=O) groups excluding carboxylic acids is 1. The van der Waals surface area contributed by atoms with E-state index in [0.717, 1.165) is 36.9 Å². The van der Waals surface area contributed by atoms with E-state index in [1.807, 2.05) is 42.2 Å². The molecule has 4 rings (SSSR count). The maximum atomic E-state index is 13.1. The molecule has 1 amide bonds. The molecular formula is C21H25N3O2. The summed E-state index contributed by atoms with van der Waals surface area (Å²) in [6.45, 7) is 2.40. The highest BCUT2D eigenvalue weighted by atomic mass is 16.3. The van der Waals surface area contributed by atoms with Crippen LogP contribution >= 0.6 is 0 Å². The summed E-state index contributed by atoms with van der Waals surface area (Å²) < 4.78 is 0. The van der Waals surface area contributed by atoms with E-state index < -0.39 is 5.60 Å². The first-order valence-corrected chi connectivity index (χ1v) is 9.47. The van der Waals surface area contributed by atoms with Gasteiger partial charge < -0.3 is 10.0 Å². The van der Waals surface area contributed by atoms with Crippen molar-refractivity contribution in [2.24, 2.45) is 5.92 Å². The van der Waals surface area contributed by atoms with Crippen molar-refractivity contribution in [3.05, 3.63) is 59.7 Å². The van der Waals surface area contributed by atoms with Gasteiger partial charge in [-0.25, -0.2) is 4.98 Å². The number of amides is 1. The fraction of sp³-hybridized carbons (Fsp3) is 0.476. The Morgan fingerprint density at radius 2 is 1.92 bits per heavy atom. The second-order valence-electron chi connectivity index (χ2n) is 7.54. The molecule has 0 bridgehead atoms. The lowest BCUT2D eigenvalue weighted by Crippen LogP contribution is -2.59. The molecule has 5 heteroatoms. The number of aryl methyl sites for hydroxylation is 1. The van der Waals surface area contributed by atoms with Gasteiger partial charge in [0, 0.05) is 24.7 Å². The molecule has 2 heterocycles. The number of benzene rings is 1. The average Bonchev–Trinajstić information content (AvgIpc) is 2.69. The van der Waals surface area contributed by atoms with Crippen LogP contribution in [0.15, 0.2) is 42.7 Å². The van der Waals surface area contributed by atoms with E-state index in [0.29, 0.717) is 18.7 Å². The summed E-state index contributed by atoms with van der Waals surface area (Å²) in [5.74, 6) is -0.000677. The molecule has 2 aliphatic rings. The van der Waals surface area contributed by atoms with Gasteiger partial charge in [-0.15, -0.1) is 0 Å². The summed E-state index contributed by atoms with van der Waals surface area (Å²) in [5, 5.41) is 11.6. The minimum absolute atomic E-state index is 0.0540. The van der Waals surface area contributed by atoms with Gasteiger partial charge in [0.15, 0.2) is 0 Å². The molecule has 136 valence electrons. The molecule has 26 heavy (non-hydrogen) atoms. The van der Waals surface area contributed by atoms with Gasteiger partial charge in [-0.1, -0.05) is 43.2 Å². The summed E-state index contributed by atoms with van der Waals surface area (Å²) in [6.07, 6.45) is 7.83. The number of piperidine rings is 1. The largest absolute Gasteiger partial charge is 0.385 e. The number of hydrogen-bond donors (Lipinski definition) is 1. The quantitative estimate of drug-likeness (QED) is 0.903. The third-order valence-electron chi connectivity index (χ3n) is 6.01. The molecule has 1 aliphatic heterocycles. The highest BCUT2D eigenvalue weighted by molar-refractivity contribution is 5.92. The van der Waals surface area contributed by atoms with E-state index >= 15 is 0 Å². The molecule has 0 spiro atoms. The van der Waals surface area contributed by atoms with Gasteiger partial charge in [0.1, 0.15) is 5.69 Å². The number of nitrogens with zero attached hydrogens (tertiary/aromatic N) is 3. The predicted octanol–water partition coefficient (Wildman–Crippen LogP) is 3.08. The number of aliphatic hydroxyl groups is 1. The van der Waals surface area contributed by atoms with Crippen LogP contribution < -0.4 is 0 Å². The van der Waals surface area contributed by atoms with Gasteiger partial charge in [0.05, 0.1) is 17.5 Å². The number of carbonyl (C=O) groups is 1. The number of likely N-dealkylation sites (tertiary alicyclic amines) is 1. The van der Waals surface area contributed by atoms with Crippen LogP contribution in [-0.4, -0.2) is 38.5 Å². The zero-order valence-electron chi connectivity index (χ0n) is 15.1. The molecule has 0 radical (unpaired) electrons. The second kappa shape index (κ2) is 6.80. The van der Waals surface area contributed by atoms with Crippen molar-refractivity contribution < 1.29 is 9.90 Å². The molecule has 1 saturated carbocycles. The van der Waals surface area contributed by atoms with Crippen LogP contribution in [0.25, 0.3) is 0 Å². The van der Waals surface area contributed by atoms with Crippen LogP contribution in [0.2, 0.25) is 0 Å². The Hall–Kier alpha value is -2.27. The highest BCUT2D eigenvalue weighted by Gasteiger charge is 2.50. The molecular weight excluding hydrogens is 326 g/mol. The summed E-state index contributed by atoms with van der Waals surface area (Å²) in [5.41, 5.74) is 1.31. The van der Waals surface area contributed by atoms with E-state index in [4.69, 9.17) is 0 Å². The molecule has 2 aromatic rings. The summed E-state index contributed by atoms with van der Waals surface area (Å²) >= 11 is 0. The number of fused-ring (bicyclic) bond motifs is 1. The van der Waals surface area contributed by atoms with Crippen molar-refractivity contribution in [1.82, 2.24) is 14.9 Å². The summed E-state index contributed by atoms with van der Waals surface area (Å²) in [6, 6.07) is 10.00. The van der Waals surface area contributed by atoms with Crippen molar-refractivity contribution >= 4 is 5.91 Å². The van der Waals surface area contributed by atoms with Crippen molar-refractivity contribution in [3.63, 3.8) is 0 Å². The smallest absolute Gasteiger partial charge is 0.274 e. The molecule has 5 nitrogen and oxygen atoms in total. The van der Waals surface area contributed by atoms with Gasteiger partial charge >= 0.3 is 0 Å². The van der Waals surface area contributed by atoms with Crippen LogP contribution in [0.3, 0.4) is 0 Å². The van der Waals surface area contributed by atoms with Crippen LogP contribution in [0, 0.1) is 12.8 Å². The minimum atomic E-state index is -0.859. The van der Waals surface area contributed by atoms with E-state index in [9.17, 15) is 9.90 Å². The third-order valence-corrected chi connectivity index (χ3v) is 6.01. The Bertz CT molecular complexity index is 778. The highest BCUT2D eigenvalue weighted by Crippen LogP contribution is 2.47. The van der Waals surface area contributed by atoms with Gasteiger partial charge in [-0.05, 0) is 31.7 Å². The lowest BCUT2D eigenvalue weighted by molar-refractivity contribution is -0.110. The monoisotopic (exact) mass is 351 g/mol. The lowest BCUT2D eigenvalue weighted by Gasteiger charge is -2.52. The number of aromatic nitrogens is 2. The van der Waals surface area contributed by atoms with E-state index in [1.165, 1.54) is 0 Å². The van der Waals surface area contributed by atoms with E-state index in [1.54, 1.807) is 12.4 Å². The molecule has 1 aliphatic carbocycles. The summed E-state index contributed by atoms with van der Waals surface area (Å²) in [4.78, 5) is 23.5. The zero-order chi connectivity index (χ0) is 18.1. The Morgan fingerprint density at radius 1 is 1.15 bits per heavy atom. The SMILES string of the molecule is Cc1cnc(C(=O)N2CCC(O)(c3ccccc3)[C@H]3CCCC[C@H]32)cn1. The second-order valence-corrected chi connectivity index (χ2v) is 7.54. The minimum Gasteiger partial charge on any atom is -0.385 e. The topological polar surface area (TPSA) is 66.3 Å². The molecule has 1 aromatic carbocycles. The summed E-state index contributed by atoms with van der Waals surface area (Å²) in [7, 11) is 0. The molecule has 1 N–H and O–H groups in total. The van der Waals surface area contributed by atoms with E-state index in [2.05, 4.69) is 9.97 Å². The van der Waals surface area contributed by atoms with Gasteiger partial charge in [-0.3, -0.25) is 9.78 Å². The van der Waals surface area contributed by atoms with Crippen molar-refractivity contribution in [2.75, 3.05) is 6.54 Å². The Kier molecular flexibility index (Phi) is 4.49. The number of hydrogen-bond acceptors (Lipinski definition) is 4. The molecule has 2 fully saturated rings. The Morgan fingerprint density at radius 3 is 2.65 bits per heavy atom. The van der Waals surface area contributed by atoms with Gasteiger partial charge in [0.25, 0.3) is 5.91 Å². The maximum Gasteiger partial charge on any atom is 0.274 e. The van der Waals surface area contributed by atoms with Crippen molar-refractivity contribution in [2.45, 2.75) is 50.7 Å². The predicted molar refractivity (Wildman–Crippen MR) is 98.5 cm³/mol. The standard InChI is InChI=1S/C21H25N3O2/c1-15-13-23-18(14-22-15)20(25)24-12-11-21(26,16-7-3-2-4-8-16)17-9-5-6-10-19(17)24/h2-4,7-8,13-14,17,19,26H,5-6,9-12H2,1H3/t17-,19+,21?/m0/s1. The lowest BCUT2D eigenvalue weighted by atomic mass is 9.66. The first kappa shape index (κ1) is 17.2. The molecule has 3 atom stereocenters. The third kappa shape index (κ3) is 2.90. The normalized spacial score (nSPS) is 28.5. The van der Waals surface area contributed by atoms with Crippen LogP contribution in [0.1, 0.15) is 53.8 Å². The molecule has 1 unspecified atom stereocenters. The molecule has 1 aromatic heterocycles. The Balaban J connectivity index is 1.64. The molecule has 1 saturated heterocycles. The fourth-order valence-corrected chi connectivity index (χ4v) is 4.67. The Labute approximate surface area is 154 Å². The van der Waals surface area contributed by atoms with E-state index in [-0.39, 0.29) is 17.9 Å². The maximum absolute atomic E-state index is 13.1. The fourth-order valence-electron chi connectivity index (χ4n) is 4.67. The van der Waals surface area contributed by atoms with Crippen molar-refractivity contribution in [3.8, 4) is 0 Å². The zero-order valence-corrected chi connectivity index (χ0v) is 15.1. The van der Waals surface area contributed by atoms with Crippen LogP contribution in [-0.2, 0) is 5.60 Å². The van der Waals surface area contributed by atoms with Crippen molar-refractivity contribution in [1.29, 1.82) is 0 Å². The van der Waals surface area contributed by atoms with Gasteiger partial charge in [0.2, 0.25) is 0 Å². The first-order chi connectivity index (χ1) is 12.6. The average molecular weight is 351 g/mol. The van der Waals surface area contributed by atoms with Crippen LogP contribution in [0.5, 0.6) is 0 Å². The van der Waals surface area contributed by atoms with Gasteiger partial charge in [-0.2, -0.15) is 0 Å². The number of rotatable bonds is 2. The van der Waals surface area contributed by atoms with Crippen LogP contribution in [0.4, 0.5) is 0 Å². The first-order valence-electron chi connectivity index (χ1n) is 9.47.